The van der Waals surface area contributed by atoms with Crippen LogP contribution in [0.4, 0.5) is 5.69 Å². The summed E-state index contributed by atoms with van der Waals surface area (Å²) in [7, 11) is 1.61. The van der Waals surface area contributed by atoms with E-state index in [2.05, 4.69) is 17.9 Å². The Hall–Kier alpha value is -2.67. The molecule has 0 aliphatic carbocycles. The Bertz CT molecular complexity index is 822. The van der Waals surface area contributed by atoms with E-state index in [0.717, 1.165) is 17.7 Å². The highest BCUT2D eigenvalue weighted by atomic mass is 32.1. The molecule has 144 valence electrons. The second-order valence-electron chi connectivity index (χ2n) is 5.86. The number of nitrogens with one attached hydrogen (secondary N) is 2. The van der Waals surface area contributed by atoms with E-state index in [0.29, 0.717) is 21.7 Å². The van der Waals surface area contributed by atoms with Gasteiger partial charge >= 0.3 is 5.97 Å². The van der Waals surface area contributed by atoms with E-state index in [4.69, 9.17) is 20.6 Å². The molecule has 2 rings (SSSR count). The molecule has 1 atom stereocenters. The molecule has 0 aromatic heterocycles. The normalized spacial score (nSPS) is 11.6. The lowest BCUT2D eigenvalue weighted by atomic mass is 10.0. The maximum absolute atomic E-state index is 12.6. The molecular formula is C20H25N3O3S. The van der Waals surface area contributed by atoms with E-state index in [1.165, 1.54) is 0 Å². The van der Waals surface area contributed by atoms with Crippen molar-refractivity contribution in [3.63, 3.8) is 0 Å². The summed E-state index contributed by atoms with van der Waals surface area (Å²) in [6.07, 6.45) is 0.721. The summed E-state index contributed by atoms with van der Waals surface area (Å²) < 4.78 is 10.7. The van der Waals surface area contributed by atoms with Crippen LogP contribution in [0.2, 0.25) is 0 Å². The largest absolute Gasteiger partial charge is 0.496 e. The van der Waals surface area contributed by atoms with E-state index in [-0.39, 0.29) is 12.4 Å². The van der Waals surface area contributed by atoms with Gasteiger partial charge < -0.3 is 20.5 Å². The fraction of sp³-hybridized carbons (Fsp3) is 0.300. The van der Waals surface area contributed by atoms with E-state index >= 15 is 0 Å². The summed E-state index contributed by atoms with van der Waals surface area (Å²) in [6.45, 7) is 4.05. The van der Waals surface area contributed by atoms with Gasteiger partial charge in [-0.25, -0.2) is 4.79 Å². The van der Waals surface area contributed by atoms with Crippen LogP contribution in [0.3, 0.4) is 0 Å². The molecule has 27 heavy (non-hydrogen) atoms. The topological polar surface area (TPSA) is 97.4 Å². The van der Waals surface area contributed by atoms with Crippen LogP contribution in [-0.4, -0.2) is 25.5 Å². The summed E-state index contributed by atoms with van der Waals surface area (Å²) in [5.41, 5.74) is 8.45. The van der Waals surface area contributed by atoms with E-state index in [1.807, 2.05) is 19.1 Å². The number of benzene rings is 2. The Labute approximate surface area is 165 Å². The average Bonchev–Trinajstić information content (AvgIpc) is 2.66. The first kappa shape index (κ1) is 20.6. The number of rotatable bonds is 8. The Balaban J connectivity index is 2.43. The van der Waals surface area contributed by atoms with Gasteiger partial charge in [0.2, 0.25) is 0 Å². The highest BCUT2D eigenvalue weighted by molar-refractivity contribution is 7.80. The first-order valence-electron chi connectivity index (χ1n) is 8.69. The number of methoxy groups -OCH3 is 1. The lowest BCUT2D eigenvalue weighted by molar-refractivity contribution is -0.144. The lowest BCUT2D eigenvalue weighted by Gasteiger charge is -2.22. The van der Waals surface area contributed by atoms with E-state index in [1.54, 1.807) is 38.3 Å². The molecule has 0 fully saturated rings. The van der Waals surface area contributed by atoms with Gasteiger partial charge in [0, 0.05) is 21.7 Å². The standard InChI is InChI=1S/C20H25N3O3S/c1-4-14-16(25-3)11-10-15(18(14)27)17(20(24)26-5-2)23-13-8-6-12(7-9-13)19(21)22/h6-11,17,23,27H,4-5H2,1-3H3,(H3,21,22). The zero-order valence-corrected chi connectivity index (χ0v) is 16.6. The molecule has 6 nitrogen and oxygen atoms in total. The quantitative estimate of drug-likeness (QED) is 0.240. The van der Waals surface area contributed by atoms with Crippen LogP contribution in [0.15, 0.2) is 41.3 Å². The monoisotopic (exact) mass is 387 g/mol. The molecule has 0 saturated heterocycles. The van der Waals surface area contributed by atoms with Gasteiger partial charge in [-0.1, -0.05) is 13.0 Å². The second kappa shape index (κ2) is 9.32. The van der Waals surface area contributed by atoms with Crippen molar-refractivity contribution in [2.75, 3.05) is 19.0 Å². The summed E-state index contributed by atoms with van der Waals surface area (Å²) in [4.78, 5) is 13.3. The van der Waals surface area contributed by atoms with Crippen LogP contribution in [0, 0.1) is 5.41 Å². The predicted molar refractivity (Wildman–Crippen MR) is 110 cm³/mol. The number of nitrogens with two attached hydrogens (primary N) is 1. The molecule has 2 aromatic rings. The van der Waals surface area contributed by atoms with Gasteiger partial charge in [0.15, 0.2) is 6.04 Å². The fourth-order valence-corrected chi connectivity index (χ4v) is 3.28. The van der Waals surface area contributed by atoms with Gasteiger partial charge in [-0.05, 0) is 49.2 Å². The third-order valence-corrected chi connectivity index (χ3v) is 4.71. The highest BCUT2D eigenvalue weighted by Gasteiger charge is 2.26. The highest BCUT2D eigenvalue weighted by Crippen LogP contribution is 2.34. The minimum Gasteiger partial charge on any atom is -0.496 e. The molecule has 4 N–H and O–H groups in total. The first-order chi connectivity index (χ1) is 12.9. The second-order valence-corrected chi connectivity index (χ2v) is 6.31. The van der Waals surface area contributed by atoms with Crippen molar-refractivity contribution in [2.24, 2.45) is 5.73 Å². The Kier molecular flexibility index (Phi) is 7.12. The molecule has 1 unspecified atom stereocenters. The van der Waals surface area contributed by atoms with Gasteiger partial charge in [-0.3, -0.25) is 5.41 Å². The van der Waals surface area contributed by atoms with Gasteiger partial charge in [-0.2, -0.15) is 0 Å². The number of nitrogen functional groups attached to an aromatic ring is 1. The Morgan fingerprint density at radius 3 is 2.41 bits per heavy atom. The molecule has 7 heteroatoms. The maximum atomic E-state index is 12.6. The average molecular weight is 388 g/mol. The summed E-state index contributed by atoms with van der Waals surface area (Å²) in [5.74, 6) is 0.333. The Morgan fingerprint density at radius 2 is 1.89 bits per heavy atom. The predicted octanol–water partition coefficient (Wildman–Crippen LogP) is 3.55. The van der Waals surface area contributed by atoms with Crippen LogP contribution < -0.4 is 15.8 Å². The third kappa shape index (κ3) is 4.74. The van der Waals surface area contributed by atoms with Crippen LogP contribution in [0.5, 0.6) is 5.75 Å². The van der Waals surface area contributed by atoms with Crippen molar-refractivity contribution in [3.05, 3.63) is 53.1 Å². The zero-order chi connectivity index (χ0) is 20.0. The summed E-state index contributed by atoms with van der Waals surface area (Å²) in [6, 6.07) is 9.91. The van der Waals surface area contributed by atoms with Gasteiger partial charge in [0.1, 0.15) is 11.6 Å². The smallest absolute Gasteiger partial charge is 0.333 e. The summed E-state index contributed by atoms with van der Waals surface area (Å²) >= 11 is 4.65. The third-order valence-electron chi connectivity index (χ3n) is 4.18. The number of carbonyl (C=O) groups excluding carboxylic acids is 1. The minimum absolute atomic E-state index is 0.0103. The number of esters is 1. The van der Waals surface area contributed by atoms with Gasteiger partial charge in [0.25, 0.3) is 0 Å². The molecule has 0 spiro atoms. The van der Waals surface area contributed by atoms with Crippen LogP contribution >= 0.6 is 12.6 Å². The van der Waals surface area contributed by atoms with E-state index in [9.17, 15) is 4.79 Å². The van der Waals surface area contributed by atoms with Crippen molar-refractivity contribution in [1.29, 1.82) is 5.41 Å². The first-order valence-corrected chi connectivity index (χ1v) is 9.13. The molecule has 0 radical (unpaired) electrons. The number of thiol groups is 1. The minimum atomic E-state index is -0.725. The van der Waals surface area contributed by atoms with Crippen molar-refractivity contribution in [3.8, 4) is 5.75 Å². The maximum Gasteiger partial charge on any atom is 0.333 e. The molecule has 0 aliphatic rings. The number of hydrogen-bond acceptors (Lipinski definition) is 6. The van der Waals surface area contributed by atoms with Crippen LogP contribution in [-0.2, 0) is 16.0 Å². The van der Waals surface area contributed by atoms with Crippen molar-refractivity contribution in [2.45, 2.75) is 31.2 Å². The number of carbonyl (C=O) groups is 1. The molecule has 2 aromatic carbocycles. The van der Waals surface area contributed by atoms with Crippen molar-refractivity contribution in [1.82, 2.24) is 0 Å². The number of ether oxygens (including phenoxy) is 2. The SMILES string of the molecule is CCOC(=O)C(Nc1ccc(C(=N)N)cc1)c1ccc(OC)c(CC)c1S. The number of hydrogen-bond donors (Lipinski definition) is 4. The lowest BCUT2D eigenvalue weighted by Crippen LogP contribution is -2.24. The number of anilines is 1. The molecule has 0 saturated carbocycles. The fourth-order valence-electron chi connectivity index (χ4n) is 2.80. The molecule has 0 heterocycles. The molecule has 0 bridgehead atoms. The van der Waals surface area contributed by atoms with Gasteiger partial charge in [0.05, 0.1) is 13.7 Å². The molecule has 0 amide bonds. The van der Waals surface area contributed by atoms with Crippen LogP contribution in [0.25, 0.3) is 0 Å². The van der Waals surface area contributed by atoms with E-state index < -0.39 is 12.0 Å². The van der Waals surface area contributed by atoms with Gasteiger partial charge in [-0.15, -0.1) is 12.6 Å². The van der Waals surface area contributed by atoms with Crippen molar-refractivity contribution >= 4 is 30.1 Å². The molecule has 0 aliphatic heterocycles. The van der Waals surface area contributed by atoms with Crippen LogP contribution in [0.1, 0.15) is 36.6 Å². The number of amidine groups is 1. The summed E-state index contributed by atoms with van der Waals surface area (Å²) in [5, 5.41) is 10.7. The molecular weight excluding hydrogens is 362 g/mol. The Morgan fingerprint density at radius 1 is 1.22 bits per heavy atom. The zero-order valence-electron chi connectivity index (χ0n) is 15.7. The van der Waals surface area contributed by atoms with Crippen molar-refractivity contribution < 1.29 is 14.3 Å².